The summed E-state index contributed by atoms with van der Waals surface area (Å²) in [5.41, 5.74) is 1.77. The maximum atomic E-state index is 11.0. The standard InChI is InChI=1S/C14H18N2O2/c1-3-10(2)8-13-15-11-6-4-5-7-12(11)16(13)9-14(17)18/h4-7,10H,3,8-9H2,1-2H3,(H,17,18). The highest BCUT2D eigenvalue weighted by Crippen LogP contribution is 2.19. The van der Waals surface area contributed by atoms with Gasteiger partial charge in [0.1, 0.15) is 12.4 Å². The molecule has 1 aromatic carbocycles. The van der Waals surface area contributed by atoms with Crippen LogP contribution in [0.15, 0.2) is 24.3 Å². The number of nitrogens with zero attached hydrogens (tertiary/aromatic N) is 2. The Morgan fingerprint density at radius 3 is 2.83 bits per heavy atom. The van der Waals surface area contributed by atoms with Crippen LogP contribution in [0, 0.1) is 5.92 Å². The molecule has 0 aliphatic heterocycles. The topological polar surface area (TPSA) is 55.1 Å². The largest absolute Gasteiger partial charge is 0.480 e. The molecule has 4 nitrogen and oxygen atoms in total. The highest BCUT2D eigenvalue weighted by molar-refractivity contribution is 5.78. The van der Waals surface area contributed by atoms with Gasteiger partial charge < -0.3 is 9.67 Å². The first-order chi connectivity index (χ1) is 8.61. The van der Waals surface area contributed by atoms with Gasteiger partial charge >= 0.3 is 5.97 Å². The molecular formula is C14H18N2O2. The number of benzene rings is 1. The lowest BCUT2D eigenvalue weighted by Gasteiger charge is -2.10. The molecule has 1 unspecified atom stereocenters. The molecule has 2 aromatic rings. The van der Waals surface area contributed by atoms with E-state index in [1.807, 2.05) is 28.8 Å². The second kappa shape index (κ2) is 5.21. The first-order valence-electron chi connectivity index (χ1n) is 6.27. The van der Waals surface area contributed by atoms with E-state index in [4.69, 9.17) is 5.11 Å². The van der Waals surface area contributed by atoms with E-state index >= 15 is 0 Å². The second-order valence-corrected chi connectivity index (χ2v) is 4.71. The van der Waals surface area contributed by atoms with E-state index in [0.717, 1.165) is 29.7 Å². The molecule has 0 fully saturated rings. The number of imidazole rings is 1. The molecule has 2 rings (SSSR count). The summed E-state index contributed by atoms with van der Waals surface area (Å²) >= 11 is 0. The van der Waals surface area contributed by atoms with Crippen molar-refractivity contribution in [1.29, 1.82) is 0 Å². The van der Waals surface area contributed by atoms with Gasteiger partial charge in [0, 0.05) is 6.42 Å². The summed E-state index contributed by atoms with van der Waals surface area (Å²) < 4.78 is 1.81. The molecule has 4 heteroatoms. The van der Waals surface area contributed by atoms with E-state index in [2.05, 4.69) is 18.8 Å². The third-order valence-corrected chi connectivity index (χ3v) is 3.25. The number of hydrogen-bond donors (Lipinski definition) is 1. The van der Waals surface area contributed by atoms with Crippen molar-refractivity contribution in [3.8, 4) is 0 Å². The molecule has 1 N–H and O–H groups in total. The first kappa shape index (κ1) is 12.6. The van der Waals surface area contributed by atoms with Crippen LogP contribution < -0.4 is 0 Å². The molecule has 0 aliphatic rings. The predicted octanol–water partition coefficient (Wildman–Crippen LogP) is 2.71. The molecule has 0 spiro atoms. The highest BCUT2D eigenvalue weighted by Gasteiger charge is 2.14. The number of fused-ring (bicyclic) bond motifs is 1. The zero-order chi connectivity index (χ0) is 13.1. The van der Waals surface area contributed by atoms with Gasteiger partial charge in [0.25, 0.3) is 0 Å². The van der Waals surface area contributed by atoms with Crippen LogP contribution >= 0.6 is 0 Å². The van der Waals surface area contributed by atoms with Gasteiger partial charge in [-0.05, 0) is 18.1 Å². The molecule has 96 valence electrons. The lowest BCUT2D eigenvalue weighted by Crippen LogP contribution is -2.13. The number of carboxylic acid groups (broad SMARTS) is 1. The van der Waals surface area contributed by atoms with Crippen molar-refractivity contribution >= 4 is 17.0 Å². The second-order valence-electron chi connectivity index (χ2n) is 4.71. The number of carboxylic acids is 1. The third kappa shape index (κ3) is 2.53. The van der Waals surface area contributed by atoms with E-state index in [0.29, 0.717) is 5.92 Å². The van der Waals surface area contributed by atoms with Gasteiger partial charge in [-0.2, -0.15) is 0 Å². The van der Waals surface area contributed by atoms with Crippen molar-refractivity contribution in [2.24, 2.45) is 5.92 Å². The average molecular weight is 246 g/mol. The maximum absolute atomic E-state index is 11.0. The molecule has 0 aliphatic carbocycles. The van der Waals surface area contributed by atoms with Gasteiger partial charge in [0.2, 0.25) is 0 Å². The van der Waals surface area contributed by atoms with E-state index in [1.54, 1.807) is 0 Å². The average Bonchev–Trinajstić information content (AvgIpc) is 2.67. The number of rotatable bonds is 5. The van der Waals surface area contributed by atoms with Crippen LogP contribution in [0.2, 0.25) is 0 Å². The minimum absolute atomic E-state index is 0.0215. The minimum Gasteiger partial charge on any atom is -0.480 e. The lowest BCUT2D eigenvalue weighted by molar-refractivity contribution is -0.137. The Hall–Kier alpha value is -1.84. The minimum atomic E-state index is -0.830. The number of hydrogen-bond acceptors (Lipinski definition) is 2. The quantitative estimate of drug-likeness (QED) is 0.882. The normalized spacial score (nSPS) is 12.8. The van der Waals surface area contributed by atoms with Gasteiger partial charge in [-0.15, -0.1) is 0 Å². The van der Waals surface area contributed by atoms with E-state index in [1.165, 1.54) is 0 Å². The Balaban J connectivity index is 2.46. The Morgan fingerprint density at radius 2 is 2.17 bits per heavy atom. The van der Waals surface area contributed by atoms with Crippen molar-refractivity contribution in [3.05, 3.63) is 30.1 Å². The fourth-order valence-electron chi connectivity index (χ4n) is 2.05. The summed E-state index contributed by atoms with van der Waals surface area (Å²) in [5.74, 6) is 0.547. The summed E-state index contributed by atoms with van der Waals surface area (Å²) in [6.45, 7) is 4.27. The Morgan fingerprint density at radius 1 is 1.44 bits per heavy atom. The fourth-order valence-corrected chi connectivity index (χ4v) is 2.05. The van der Waals surface area contributed by atoms with Gasteiger partial charge in [-0.3, -0.25) is 4.79 Å². The smallest absolute Gasteiger partial charge is 0.323 e. The molecule has 1 aromatic heterocycles. The molecule has 0 amide bonds. The Labute approximate surface area is 106 Å². The van der Waals surface area contributed by atoms with E-state index in [-0.39, 0.29) is 6.54 Å². The summed E-state index contributed by atoms with van der Waals surface area (Å²) in [5, 5.41) is 9.01. The van der Waals surface area contributed by atoms with Crippen LogP contribution in [-0.4, -0.2) is 20.6 Å². The van der Waals surface area contributed by atoms with Crippen molar-refractivity contribution in [2.45, 2.75) is 33.2 Å². The zero-order valence-corrected chi connectivity index (χ0v) is 10.8. The van der Waals surface area contributed by atoms with Crippen LogP contribution in [0.4, 0.5) is 0 Å². The van der Waals surface area contributed by atoms with Crippen LogP contribution in [0.5, 0.6) is 0 Å². The third-order valence-electron chi connectivity index (χ3n) is 3.25. The SMILES string of the molecule is CCC(C)Cc1nc2ccccc2n1CC(=O)O. The van der Waals surface area contributed by atoms with Crippen LogP contribution in [0.3, 0.4) is 0 Å². The van der Waals surface area contributed by atoms with Crippen LogP contribution in [-0.2, 0) is 17.8 Å². The summed E-state index contributed by atoms with van der Waals surface area (Å²) in [4.78, 5) is 15.5. The summed E-state index contributed by atoms with van der Waals surface area (Å²) in [6, 6.07) is 7.68. The number of carbonyl (C=O) groups is 1. The fraction of sp³-hybridized carbons (Fsp3) is 0.429. The molecule has 0 bridgehead atoms. The molecule has 18 heavy (non-hydrogen) atoms. The molecule has 1 heterocycles. The van der Waals surface area contributed by atoms with Crippen LogP contribution in [0.25, 0.3) is 11.0 Å². The van der Waals surface area contributed by atoms with Crippen molar-refractivity contribution < 1.29 is 9.90 Å². The zero-order valence-electron chi connectivity index (χ0n) is 10.8. The van der Waals surface area contributed by atoms with Crippen molar-refractivity contribution in [1.82, 2.24) is 9.55 Å². The monoisotopic (exact) mass is 246 g/mol. The van der Waals surface area contributed by atoms with Gasteiger partial charge in [0.05, 0.1) is 11.0 Å². The predicted molar refractivity (Wildman–Crippen MR) is 70.5 cm³/mol. The molecule has 1 atom stereocenters. The summed E-state index contributed by atoms with van der Waals surface area (Å²) in [7, 11) is 0. The van der Waals surface area contributed by atoms with Gasteiger partial charge in [-0.25, -0.2) is 4.98 Å². The van der Waals surface area contributed by atoms with Crippen molar-refractivity contribution in [2.75, 3.05) is 0 Å². The van der Waals surface area contributed by atoms with Crippen molar-refractivity contribution in [3.63, 3.8) is 0 Å². The Kier molecular flexibility index (Phi) is 3.65. The number of para-hydroxylation sites is 2. The van der Waals surface area contributed by atoms with E-state index < -0.39 is 5.97 Å². The van der Waals surface area contributed by atoms with Gasteiger partial charge in [-0.1, -0.05) is 32.4 Å². The lowest BCUT2D eigenvalue weighted by atomic mass is 10.1. The summed E-state index contributed by atoms with van der Waals surface area (Å²) in [6.07, 6.45) is 1.88. The van der Waals surface area contributed by atoms with Crippen LogP contribution in [0.1, 0.15) is 26.1 Å². The van der Waals surface area contributed by atoms with Gasteiger partial charge in [0.15, 0.2) is 0 Å². The molecular weight excluding hydrogens is 228 g/mol. The molecule has 0 saturated carbocycles. The highest BCUT2D eigenvalue weighted by atomic mass is 16.4. The first-order valence-corrected chi connectivity index (χ1v) is 6.27. The maximum Gasteiger partial charge on any atom is 0.323 e. The molecule has 0 saturated heterocycles. The molecule has 0 radical (unpaired) electrons. The Bertz CT molecular complexity index is 560. The van der Waals surface area contributed by atoms with E-state index in [9.17, 15) is 4.79 Å². The number of aromatic nitrogens is 2. The number of aliphatic carboxylic acids is 1.